The molecule has 5 fully saturated rings. The van der Waals surface area contributed by atoms with Gasteiger partial charge in [0.15, 0.2) is 0 Å². The molecule has 1 aromatic heterocycles. The molecule has 3 saturated carbocycles. The molecule has 6 aliphatic rings. The van der Waals surface area contributed by atoms with Crippen LogP contribution in [0.2, 0.25) is 5.02 Å². The predicted octanol–water partition coefficient (Wildman–Crippen LogP) is 7.44. The number of carboxylic acid groups (broad SMARTS) is 1. The molecule has 9 unspecified atom stereocenters. The molecule has 52 heavy (non-hydrogen) atoms. The lowest BCUT2D eigenvalue weighted by atomic mass is 9.52. The van der Waals surface area contributed by atoms with Gasteiger partial charge in [-0.05, 0) is 119 Å². The number of aliphatic carboxylic acids is 1. The normalized spacial score (nSPS) is 34.4. The summed E-state index contributed by atoms with van der Waals surface area (Å²) >= 11 is 8.05. The van der Waals surface area contributed by atoms with E-state index in [1.807, 2.05) is 0 Å². The van der Waals surface area contributed by atoms with Gasteiger partial charge in [-0.25, -0.2) is 4.79 Å². The second-order valence-electron chi connectivity index (χ2n) is 16.5. The zero-order valence-corrected chi connectivity index (χ0v) is 31.9. The lowest BCUT2D eigenvalue weighted by Gasteiger charge is -2.54. The average molecular weight is 750 g/mol. The van der Waals surface area contributed by atoms with Crippen LogP contribution in [0.3, 0.4) is 0 Å². The highest BCUT2D eigenvalue weighted by Crippen LogP contribution is 2.62. The minimum atomic E-state index is -1.06. The summed E-state index contributed by atoms with van der Waals surface area (Å²) in [6.45, 7) is 12.8. The molecule has 1 aromatic carbocycles. The number of thioether (sulfide) groups is 1. The minimum Gasteiger partial charge on any atom is -0.490 e. The molecule has 4 aliphatic carbocycles. The number of nitrogens with one attached hydrogen (secondary N) is 1. The van der Waals surface area contributed by atoms with E-state index in [0.29, 0.717) is 29.5 Å². The van der Waals surface area contributed by atoms with Crippen molar-refractivity contribution in [3.05, 3.63) is 58.3 Å². The number of benzene rings is 1. The summed E-state index contributed by atoms with van der Waals surface area (Å²) in [5, 5.41) is 16.5. The molecule has 2 aliphatic heterocycles. The van der Waals surface area contributed by atoms with Crippen LogP contribution in [0.25, 0.3) is 11.3 Å². The summed E-state index contributed by atoms with van der Waals surface area (Å²) < 4.78 is 17.4. The third-order valence-electron chi connectivity index (χ3n) is 13.2. The van der Waals surface area contributed by atoms with Gasteiger partial charge in [0, 0.05) is 10.3 Å². The van der Waals surface area contributed by atoms with E-state index >= 15 is 0 Å². The maximum atomic E-state index is 13.5. The number of hydrogen-bond acceptors (Lipinski definition) is 8. The first-order valence-electron chi connectivity index (χ1n) is 18.7. The molecular weight excluding hydrogens is 702 g/mol. The molecule has 0 bridgehead atoms. The van der Waals surface area contributed by atoms with Crippen LogP contribution >= 0.6 is 23.4 Å². The number of hydrogen-bond donors (Lipinski definition) is 2. The van der Waals surface area contributed by atoms with Crippen molar-refractivity contribution in [1.82, 2.24) is 15.4 Å². The molecule has 2 aromatic rings. The summed E-state index contributed by atoms with van der Waals surface area (Å²) in [7, 11) is 0. The van der Waals surface area contributed by atoms with E-state index in [2.05, 4.69) is 30.1 Å². The van der Waals surface area contributed by atoms with Gasteiger partial charge < -0.3 is 29.3 Å². The second kappa shape index (κ2) is 13.2. The molecule has 0 spiro atoms. The number of carbonyl (C=O) groups is 3. The maximum absolute atomic E-state index is 13.5. The van der Waals surface area contributed by atoms with Gasteiger partial charge in [0.2, 0.25) is 5.91 Å². The Kier molecular flexibility index (Phi) is 9.09. The minimum absolute atomic E-state index is 0.189. The van der Waals surface area contributed by atoms with Crippen LogP contribution in [0.5, 0.6) is 5.75 Å². The number of ether oxygens (including phenoxy) is 2. The summed E-state index contributed by atoms with van der Waals surface area (Å²) in [4.78, 5) is 39.7. The maximum Gasteiger partial charge on any atom is 0.327 e. The number of amides is 2. The van der Waals surface area contributed by atoms with Crippen molar-refractivity contribution in [3.63, 3.8) is 0 Å². The van der Waals surface area contributed by atoms with Crippen LogP contribution in [0, 0.1) is 36.0 Å². The number of nitrogens with zero attached hydrogens (tertiary/aromatic N) is 2. The predicted molar refractivity (Wildman–Crippen MR) is 198 cm³/mol. The number of aromatic nitrogens is 1. The lowest BCUT2D eigenvalue weighted by molar-refractivity contribution is -0.159. The monoisotopic (exact) mass is 749 g/mol. The fraction of sp³-hybridized carbons (Fsp3) is 0.600. The molecule has 2 N–H and O–H groups in total. The van der Waals surface area contributed by atoms with Crippen molar-refractivity contribution in [3.8, 4) is 17.0 Å². The van der Waals surface area contributed by atoms with Crippen LogP contribution in [0.15, 0.2) is 46.5 Å². The molecule has 3 heterocycles. The van der Waals surface area contributed by atoms with Crippen molar-refractivity contribution in [2.24, 2.45) is 29.1 Å². The molecule has 2 amide bonds. The summed E-state index contributed by atoms with van der Waals surface area (Å²) in [6, 6.07) is 3.39. The molecular formula is C40H48ClN3O7S. The highest BCUT2D eigenvalue weighted by Gasteiger charge is 2.64. The van der Waals surface area contributed by atoms with E-state index in [4.69, 9.17) is 25.6 Å². The number of rotatable bonds is 9. The van der Waals surface area contributed by atoms with Gasteiger partial charge in [-0.15, -0.1) is 11.8 Å². The van der Waals surface area contributed by atoms with Crippen molar-refractivity contribution < 1.29 is 33.5 Å². The Morgan fingerprint density at radius 1 is 1.13 bits per heavy atom. The Bertz CT molecular complexity index is 1860. The SMILES string of the molecule is C=C1C=C2CCC3C(CCC4(C)C(OCCOc5ccc(-c6noc(C)c6C(=O)NC6C(=O)N7C6SC(C)(C)C7C(=O)O)cc5Cl)CCC34)C2CC1. The largest absolute Gasteiger partial charge is 0.490 e. The molecule has 9 atom stereocenters. The summed E-state index contributed by atoms with van der Waals surface area (Å²) in [5.74, 6) is 1.87. The van der Waals surface area contributed by atoms with Gasteiger partial charge in [-0.1, -0.05) is 47.5 Å². The Morgan fingerprint density at radius 2 is 1.94 bits per heavy atom. The summed E-state index contributed by atoms with van der Waals surface area (Å²) in [6.07, 6.45) is 12.5. The Morgan fingerprint density at radius 3 is 2.71 bits per heavy atom. The van der Waals surface area contributed by atoms with Crippen molar-refractivity contribution in [2.45, 2.75) is 107 Å². The van der Waals surface area contributed by atoms with Crippen LogP contribution < -0.4 is 10.1 Å². The van der Waals surface area contributed by atoms with Gasteiger partial charge in [-0.3, -0.25) is 9.59 Å². The molecule has 0 radical (unpaired) electrons. The highest BCUT2D eigenvalue weighted by molar-refractivity contribution is 8.01. The highest BCUT2D eigenvalue weighted by atomic mass is 35.5. The molecule has 2 saturated heterocycles. The van der Waals surface area contributed by atoms with Gasteiger partial charge in [0.05, 0.1) is 17.7 Å². The number of halogens is 1. The smallest absolute Gasteiger partial charge is 0.327 e. The number of allylic oxidation sites excluding steroid dienone is 3. The number of β-lactam (4-membered cyclic amide) rings is 1. The number of aryl methyl sites for hydroxylation is 1. The fourth-order valence-electron chi connectivity index (χ4n) is 10.8. The first-order valence-corrected chi connectivity index (χ1v) is 20.0. The third kappa shape index (κ3) is 5.80. The standard InChI is InChI=1S/C40H48ClN3O7S/c1-20-6-9-24-22(18-20)7-10-26-25(24)14-15-40(5)27(26)11-13-30(40)50-17-16-49-29-12-8-23(19-28(29)41)32-31(21(2)51-43-32)35(45)42-33-36(46)44-34(38(47)48)39(3,4)52-37(33)44/h8,12,18-19,24-27,30,33-34,37H,1,6-7,9-11,13-17H2,2-5H3,(H,42,45)(H,47,48). The van der Waals surface area contributed by atoms with Crippen molar-refractivity contribution in [2.75, 3.05) is 13.2 Å². The average Bonchev–Trinajstić information content (AvgIpc) is 3.74. The Labute approximate surface area is 314 Å². The number of fused-ring (bicyclic) bond motifs is 6. The first kappa shape index (κ1) is 35.7. The van der Waals surface area contributed by atoms with Crippen LogP contribution in [-0.4, -0.2) is 74.5 Å². The van der Waals surface area contributed by atoms with Gasteiger partial charge in [0.25, 0.3) is 5.91 Å². The second-order valence-corrected chi connectivity index (χ2v) is 18.7. The van der Waals surface area contributed by atoms with E-state index in [1.54, 1.807) is 44.5 Å². The van der Waals surface area contributed by atoms with Gasteiger partial charge >= 0.3 is 5.97 Å². The molecule has 8 rings (SSSR count). The molecule has 12 heteroatoms. The van der Waals surface area contributed by atoms with Gasteiger partial charge in [0.1, 0.15) is 46.8 Å². The van der Waals surface area contributed by atoms with Crippen molar-refractivity contribution in [1.29, 1.82) is 0 Å². The molecule has 10 nitrogen and oxygen atoms in total. The summed E-state index contributed by atoms with van der Waals surface area (Å²) in [5.41, 5.74) is 4.22. The van der Waals surface area contributed by atoms with E-state index < -0.39 is 40.0 Å². The zero-order chi connectivity index (χ0) is 36.7. The molecule has 278 valence electrons. The van der Waals surface area contributed by atoms with Crippen LogP contribution in [0.4, 0.5) is 0 Å². The zero-order valence-electron chi connectivity index (χ0n) is 30.3. The fourth-order valence-corrected chi connectivity index (χ4v) is 12.7. The van der Waals surface area contributed by atoms with Crippen LogP contribution in [-0.2, 0) is 14.3 Å². The van der Waals surface area contributed by atoms with Crippen LogP contribution in [0.1, 0.15) is 88.3 Å². The van der Waals surface area contributed by atoms with E-state index in [9.17, 15) is 19.5 Å². The topological polar surface area (TPSA) is 131 Å². The Hall–Kier alpha value is -3.28. The van der Waals surface area contributed by atoms with E-state index in [0.717, 1.165) is 36.5 Å². The first-order chi connectivity index (χ1) is 24.8. The number of carboxylic acids is 1. The van der Waals surface area contributed by atoms with Gasteiger partial charge in [-0.2, -0.15) is 0 Å². The lowest BCUT2D eigenvalue weighted by Crippen LogP contribution is -2.70. The van der Waals surface area contributed by atoms with E-state index in [1.165, 1.54) is 60.8 Å². The third-order valence-corrected chi connectivity index (χ3v) is 15.1. The van der Waals surface area contributed by atoms with E-state index in [-0.39, 0.29) is 28.5 Å². The quantitative estimate of drug-likeness (QED) is 0.198. The van der Waals surface area contributed by atoms with Crippen molar-refractivity contribution >= 4 is 41.1 Å². The number of carbonyl (C=O) groups excluding carboxylic acids is 2. The Balaban J connectivity index is 0.866.